The molecule has 1 heterocycles. The van der Waals surface area contributed by atoms with Crippen LogP contribution in [0.25, 0.3) is 0 Å². The van der Waals surface area contributed by atoms with Crippen LogP contribution in [-0.4, -0.2) is 28.3 Å². The van der Waals surface area contributed by atoms with Gasteiger partial charge in [0, 0.05) is 24.7 Å². The highest BCUT2D eigenvalue weighted by molar-refractivity contribution is 5.91. The van der Waals surface area contributed by atoms with Crippen molar-refractivity contribution in [3.63, 3.8) is 0 Å². The molecule has 0 aliphatic rings. The van der Waals surface area contributed by atoms with Crippen molar-refractivity contribution in [1.82, 2.24) is 15.1 Å². The molecule has 0 radical (unpaired) electrons. The first-order valence-electron chi connectivity index (χ1n) is 8.66. The zero-order valence-electron chi connectivity index (χ0n) is 14.8. The predicted molar refractivity (Wildman–Crippen MR) is 104 cm³/mol. The summed E-state index contributed by atoms with van der Waals surface area (Å²) in [6.07, 6.45) is 1.81. The Kier molecular flexibility index (Phi) is 6.19. The number of amides is 3. The number of hydrogen-bond donors (Lipinski definition) is 3. The predicted octanol–water partition coefficient (Wildman–Crippen LogP) is 3.08. The third-order valence-corrected chi connectivity index (χ3v) is 3.83. The quantitative estimate of drug-likeness (QED) is 0.603. The lowest BCUT2D eigenvalue weighted by Gasteiger charge is -2.10. The van der Waals surface area contributed by atoms with Crippen LogP contribution in [0.2, 0.25) is 0 Å². The zero-order valence-corrected chi connectivity index (χ0v) is 14.8. The second-order valence-electron chi connectivity index (χ2n) is 5.90. The molecular formula is C20H21N5O2. The molecule has 3 aromatic rings. The van der Waals surface area contributed by atoms with Crippen molar-refractivity contribution < 1.29 is 9.59 Å². The van der Waals surface area contributed by atoms with Gasteiger partial charge in [-0.2, -0.15) is 5.10 Å². The van der Waals surface area contributed by atoms with Crippen LogP contribution in [0.1, 0.15) is 12.0 Å². The molecule has 0 bridgehead atoms. The summed E-state index contributed by atoms with van der Waals surface area (Å²) in [4.78, 5) is 23.9. The van der Waals surface area contributed by atoms with Gasteiger partial charge in [0.2, 0.25) is 5.91 Å². The van der Waals surface area contributed by atoms with E-state index in [9.17, 15) is 9.59 Å². The van der Waals surface area contributed by atoms with E-state index in [2.05, 4.69) is 21.0 Å². The van der Waals surface area contributed by atoms with E-state index in [4.69, 9.17) is 0 Å². The number of urea groups is 1. The minimum atomic E-state index is -0.344. The Morgan fingerprint density at radius 2 is 1.59 bits per heavy atom. The average molecular weight is 363 g/mol. The van der Waals surface area contributed by atoms with E-state index < -0.39 is 0 Å². The summed E-state index contributed by atoms with van der Waals surface area (Å²) in [5, 5.41) is 12.4. The molecule has 0 atom stereocenters. The van der Waals surface area contributed by atoms with Gasteiger partial charge in [-0.25, -0.2) is 9.48 Å². The summed E-state index contributed by atoms with van der Waals surface area (Å²) in [7, 11) is 0. The molecule has 0 saturated heterocycles. The van der Waals surface area contributed by atoms with Gasteiger partial charge in [-0.15, -0.1) is 0 Å². The molecule has 0 unspecified atom stereocenters. The number of nitrogens with one attached hydrogen (secondary N) is 3. The highest BCUT2D eigenvalue weighted by Crippen LogP contribution is 2.10. The smallest absolute Gasteiger partial charge is 0.319 e. The largest absolute Gasteiger partial charge is 0.337 e. The van der Waals surface area contributed by atoms with E-state index in [0.717, 1.165) is 5.56 Å². The molecule has 3 amide bonds. The van der Waals surface area contributed by atoms with E-state index >= 15 is 0 Å². The molecule has 7 heteroatoms. The monoisotopic (exact) mass is 363 g/mol. The van der Waals surface area contributed by atoms with Crippen LogP contribution in [-0.2, 0) is 11.3 Å². The van der Waals surface area contributed by atoms with Crippen LogP contribution in [0.5, 0.6) is 0 Å². The van der Waals surface area contributed by atoms with E-state index in [-0.39, 0.29) is 24.9 Å². The van der Waals surface area contributed by atoms with Gasteiger partial charge in [0.15, 0.2) is 0 Å². The van der Waals surface area contributed by atoms with Gasteiger partial charge in [0.05, 0.1) is 12.7 Å². The van der Waals surface area contributed by atoms with Crippen LogP contribution in [0, 0.1) is 0 Å². The van der Waals surface area contributed by atoms with Crippen molar-refractivity contribution in [1.29, 1.82) is 0 Å². The summed E-state index contributed by atoms with van der Waals surface area (Å²) in [5.41, 5.74) is 1.79. The van der Waals surface area contributed by atoms with Gasteiger partial charge in [0.1, 0.15) is 5.82 Å². The number of aromatic nitrogens is 2. The zero-order chi connectivity index (χ0) is 18.9. The van der Waals surface area contributed by atoms with Gasteiger partial charge in [-0.05, 0) is 17.7 Å². The fourth-order valence-electron chi connectivity index (χ4n) is 2.51. The molecule has 2 aromatic carbocycles. The number of benzene rings is 2. The number of rotatable bonds is 7. The van der Waals surface area contributed by atoms with Crippen molar-refractivity contribution in [3.8, 4) is 0 Å². The SMILES string of the molecule is O=C(CCNC(=O)Nc1ccccc1)Nc1ccnn1Cc1ccccc1. The minimum Gasteiger partial charge on any atom is -0.337 e. The summed E-state index contributed by atoms with van der Waals surface area (Å²) in [6, 6.07) is 20.4. The highest BCUT2D eigenvalue weighted by atomic mass is 16.2. The first-order valence-corrected chi connectivity index (χ1v) is 8.66. The van der Waals surface area contributed by atoms with E-state index in [1.807, 2.05) is 48.5 Å². The van der Waals surface area contributed by atoms with Gasteiger partial charge < -0.3 is 16.0 Å². The Bertz CT molecular complexity index is 878. The number of para-hydroxylation sites is 1. The standard InChI is InChI=1S/C20H21N5O2/c26-19(12-13-21-20(27)23-17-9-5-2-6-10-17)24-18-11-14-22-25(18)15-16-7-3-1-4-8-16/h1-11,14H,12-13,15H2,(H,24,26)(H2,21,23,27). The number of carbonyl (C=O) groups excluding carboxylic acids is 2. The van der Waals surface area contributed by atoms with Crippen molar-refractivity contribution in [2.45, 2.75) is 13.0 Å². The molecule has 0 spiro atoms. The van der Waals surface area contributed by atoms with Gasteiger partial charge in [-0.3, -0.25) is 4.79 Å². The van der Waals surface area contributed by atoms with Crippen LogP contribution in [0.4, 0.5) is 16.3 Å². The number of nitrogens with zero attached hydrogens (tertiary/aromatic N) is 2. The minimum absolute atomic E-state index is 0.165. The molecule has 0 fully saturated rings. The first-order chi connectivity index (χ1) is 13.2. The van der Waals surface area contributed by atoms with Crippen LogP contribution < -0.4 is 16.0 Å². The Morgan fingerprint density at radius 1 is 0.889 bits per heavy atom. The summed E-state index contributed by atoms with van der Waals surface area (Å²) in [6.45, 7) is 0.804. The Labute approximate surface area is 157 Å². The summed E-state index contributed by atoms with van der Waals surface area (Å²) < 4.78 is 1.72. The lowest BCUT2D eigenvalue weighted by molar-refractivity contribution is -0.116. The lowest BCUT2D eigenvalue weighted by Crippen LogP contribution is -2.31. The highest BCUT2D eigenvalue weighted by Gasteiger charge is 2.09. The Morgan fingerprint density at radius 3 is 2.33 bits per heavy atom. The maximum absolute atomic E-state index is 12.1. The molecule has 0 saturated carbocycles. The molecule has 7 nitrogen and oxygen atoms in total. The van der Waals surface area contributed by atoms with E-state index in [1.54, 1.807) is 29.1 Å². The van der Waals surface area contributed by atoms with Crippen LogP contribution in [0.3, 0.4) is 0 Å². The van der Waals surface area contributed by atoms with Gasteiger partial charge >= 0.3 is 6.03 Å². The molecule has 0 aliphatic heterocycles. The van der Waals surface area contributed by atoms with Crippen LogP contribution in [0.15, 0.2) is 72.9 Å². The molecular weight excluding hydrogens is 342 g/mol. The number of hydrogen-bond acceptors (Lipinski definition) is 3. The van der Waals surface area contributed by atoms with E-state index in [1.165, 1.54) is 0 Å². The molecule has 138 valence electrons. The second kappa shape index (κ2) is 9.19. The summed E-state index contributed by atoms with van der Waals surface area (Å²) >= 11 is 0. The Hall–Kier alpha value is -3.61. The fourth-order valence-corrected chi connectivity index (χ4v) is 2.51. The normalized spacial score (nSPS) is 10.2. The third-order valence-electron chi connectivity index (χ3n) is 3.83. The first kappa shape index (κ1) is 18.2. The molecule has 3 rings (SSSR count). The second-order valence-corrected chi connectivity index (χ2v) is 5.90. The number of anilines is 2. The lowest BCUT2D eigenvalue weighted by atomic mass is 10.2. The van der Waals surface area contributed by atoms with Crippen LogP contribution >= 0.6 is 0 Å². The number of carbonyl (C=O) groups is 2. The molecule has 0 aliphatic carbocycles. The van der Waals surface area contributed by atoms with Gasteiger partial charge in [-0.1, -0.05) is 48.5 Å². The Balaban J connectivity index is 1.43. The maximum Gasteiger partial charge on any atom is 0.319 e. The molecule has 27 heavy (non-hydrogen) atoms. The van der Waals surface area contributed by atoms with Crippen molar-refractivity contribution in [3.05, 3.63) is 78.5 Å². The maximum atomic E-state index is 12.1. The van der Waals surface area contributed by atoms with Crippen molar-refractivity contribution >= 4 is 23.4 Å². The molecule has 3 N–H and O–H groups in total. The third kappa shape index (κ3) is 5.71. The van der Waals surface area contributed by atoms with Crippen molar-refractivity contribution in [2.24, 2.45) is 0 Å². The van der Waals surface area contributed by atoms with Gasteiger partial charge in [0.25, 0.3) is 0 Å². The van der Waals surface area contributed by atoms with E-state index in [0.29, 0.717) is 18.1 Å². The van der Waals surface area contributed by atoms with Crippen molar-refractivity contribution in [2.75, 3.05) is 17.2 Å². The summed E-state index contributed by atoms with van der Waals surface area (Å²) in [5.74, 6) is 0.433. The topological polar surface area (TPSA) is 88.1 Å². The molecule has 1 aromatic heterocycles. The average Bonchev–Trinajstić information content (AvgIpc) is 3.10. The fraction of sp³-hybridized carbons (Fsp3) is 0.150.